The highest BCUT2D eigenvalue weighted by atomic mass is 35.5. The smallest absolute Gasteiger partial charge is 0.341 e. The Labute approximate surface area is 362 Å². The highest BCUT2D eigenvalue weighted by Gasteiger charge is 2.48. The molecule has 0 N–H and O–H groups in total. The molecule has 302 valence electrons. The summed E-state index contributed by atoms with van der Waals surface area (Å²) in [6.07, 6.45) is 5.68. The number of esters is 1. The second kappa shape index (κ2) is 18.1. The van der Waals surface area contributed by atoms with Crippen molar-refractivity contribution in [2.45, 2.75) is 58.3 Å². The topological polar surface area (TPSA) is 51.2 Å². The van der Waals surface area contributed by atoms with E-state index in [4.69, 9.17) is 60.6 Å². The van der Waals surface area contributed by atoms with Crippen molar-refractivity contribution in [2.24, 2.45) is 0 Å². The molecule has 1 heterocycles. The molecule has 1 aliphatic heterocycles. The molecule has 0 aliphatic carbocycles. The quantitative estimate of drug-likeness (QED) is 0.0630. The van der Waals surface area contributed by atoms with Crippen LogP contribution in [-0.4, -0.2) is 46.4 Å². The van der Waals surface area contributed by atoms with Gasteiger partial charge in [0.1, 0.15) is 11.5 Å². The van der Waals surface area contributed by atoms with Gasteiger partial charge in [0.25, 0.3) is 0 Å². The van der Waals surface area contributed by atoms with Crippen LogP contribution in [0.3, 0.4) is 0 Å². The number of hydrogen-bond donors (Lipinski definition) is 0. The van der Waals surface area contributed by atoms with Crippen LogP contribution in [-0.2, 0) is 10.3 Å². The van der Waals surface area contributed by atoms with Gasteiger partial charge in [-0.2, -0.15) is 0 Å². The molecule has 0 spiro atoms. The number of hydrogen-bond acceptors (Lipinski definition) is 6. The Morgan fingerprint density at radius 1 is 0.586 bits per heavy atom. The maximum Gasteiger partial charge on any atom is 0.341 e. The van der Waals surface area contributed by atoms with Gasteiger partial charge < -0.3 is 24.0 Å². The van der Waals surface area contributed by atoms with Crippen molar-refractivity contribution in [1.29, 1.82) is 0 Å². The Kier molecular flexibility index (Phi) is 13.4. The molecule has 0 saturated carbocycles. The van der Waals surface area contributed by atoms with Gasteiger partial charge >= 0.3 is 5.97 Å². The lowest BCUT2D eigenvalue weighted by molar-refractivity contribution is 0.0300. The number of benzene rings is 5. The van der Waals surface area contributed by atoms with E-state index in [1.54, 1.807) is 0 Å². The van der Waals surface area contributed by atoms with Gasteiger partial charge in [-0.1, -0.05) is 109 Å². The second-order valence-electron chi connectivity index (χ2n) is 14.9. The number of rotatable bonds is 14. The molecule has 0 bridgehead atoms. The van der Waals surface area contributed by atoms with E-state index in [0.29, 0.717) is 0 Å². The fourth-order valence-electron chi connectivity index (χ4n) is 6.72. The maximum atomic E-state index is 14.2. The summed E-state index contributed by atoms with van der Waals surface area (Å²) in [6.45, 7) is 8.25. The summed E-state index contributed by atoms with van der Waals surface area (Å²) in [7, 11) is 7.97. The minimum Gasteiger partial charge on any atom is -0.491 e. The molecule has 1 aliphatic rings. The van der Waals surface area contributed by atoms with Crippen LogP contribution < -0.4 is 19.3 Å². The number of nitrogens with zero attached hydrogens (tertiary/aromatic N) is 2. The number of carbonyl (C=O) groups excluding carboxylic acids is 1. The van der Waals surface area contributed by atoms with Crippen molar-refractivity contribution < 1.29 is 19.0 Å². The molecular formula is C48H48Cl4N2O4. The van der Waals surface area contributed by atoms with Gasteiger partial charge in [0.05, 0.1) is 37.9 Å². The number of fused-ring (bicyclic) bond motifs is 1. The predicted molar refractivity (Wildman–Crippen MR) is 243 cm³/mol. The Morgan fingerprint density at radius 2 is 0.931 bits per heavy atom. The van der Waals surface area contributed by atoms with Crippen molar-refractivity contribution in [3.8, 4) is 11.5 Å². The molecule has 2 atom stereocenters. The zero-order valence-electron chi connectivity index (χ0n) is 34.0. The summed E-state index contributed by atoms with van der Waals surface area (Å²) >= 11 is 27.5. The number of carbonyl (C=O) groups is 1. The first-order chi connectivity index (χ1) is 27.7. The Morgan fingerprint density at radius 3 is 1.28 bits per heavy atom. The molecule has 0 radical (unpaired) electrons. The molecule has 0 fully saturated rings. The molecule has 0 aromatic heterocycles. The summed E-state index contributed by atoms with van der Waals surface area (Å²) < 4.78 is 18.9. The van der Waals surface area contributed by atoms with Crippen molar-refractivity contribution in [1.82, 2.24) is 0 Å². The average Bonchev–Trinajstić information content (AvgIpc) is 3.52. The lowest BCUT2D eigenvalue weighted by Gasteiger charge is -2.27. The van der Waals surface area contributed by atoms with Crippen molar-refractivity contribution in [3.63, 3.8) is 0 Å². The van der Waals surface area contributed by atoms with Crippen LogP contribution in [0.4, 0.5) is 11.4 Å². The normalized spacial score (nSPS) is 16.4. The highest BCUT2D eigenvalue weighted by molar-refractivity contribution is 6.53. The largest absolute Gasteiger partial charge is 0.491 e. The first-order valence-corrected chi connectivity index (χ1v) is 20.8. The minimum atomic E-state index is -1.65. The van der Waals surface area contributed by atoms with Gasteiger partial charge in [-0.15, -0.1) is 0 Å². The van der Waals surface area contributed by atoms with E-state index < -0.39 is 11.6 Å². The Hall–Kier alpha value is -4.59. The monoisotopic (exact) mass is 856 g/mol. The Balaban J connectivity index is 1.69. The van der Waals surface area contributed by atoms with Crippen LogP contribution in [0, 0.1) is 0 Å². The van der Waals surface area contributed by atoms with Gasteiger partial charge in [0.15, 0.2) is 5.60 Å². The molecule has 2 unspecified atom stereocenters. The number of anilines is 2. The molecule has 5 aromatic rings. The summed E-state index contributed by atoms with van der Waals surface area (Å²) in [5.74, 6) is 0.799. The Bertz CT molecular complexity index is 2200. The van der Waals surface area contributed by atoms with E-state index in [1.807, 2.05) is 161 Å². The van der Waals surface area contributed by atoms with E-state index in [-0.39, 0.29) is 43.4 Å². The zero-order valence-corrected chi connectivity index (χ0v) is 37.0. The standard InChI is InChI=1S/C48H48Cl4N2O4/c1-9-29(3)56-37-23-15-33(16-24-37)39(31-11-19-35(20-12-31)53(5)6)27-48(42-41(47(55)58-48)43(49)45(51)46(52)44(42)50)28-40(32-13-21-36(22-14-32)54(7)8)34-17-25-38(26-18-34)57-30(4)10-2/h11-30H,9-10H2,1-8H3/b39-27+,40-28+. The summed E-state index contributed by atoms with van der Waals surface area (Å²) in [4.78, 5) is 18.3. The maximum absolute atomic E-state index is 14.2. The first kappa shape index (κ1) is 43.0. The van der Waals surface area contributed by atoms with Gasteiger partial charge in [0, 0.05) is 45.1 Å². The van der Waals surface area contributed by atoms with Crippen LogP contribution in [0.1, 0.15) is 78.7 Å². The van der Waals surface area contributed by atoms with Crippen molar-refractivity contribution >= 4 is 74.9 Å². The fourth-order valence-corrected chi connectivity index (χ4v) is 7.80. The molecule has 58 heavy (non-hydrogen) atoms. The molecule has 0 amide bonds. The molecular weight excluding hydrogens is 810 g/mol. The van der Waals surface area contributed by atoms with Crippen molar-refractivity contribution in [2.75, 3.05) is 38.0 Å². The first-order valence-electron chi connectivity index (χ1n) is 19.3. The predicted octanol–water partition coefficient (Wildman–Crippen LogP) is 13.4. The molecule has 5 aromatic carbocycles. The third kappa shape index (κ3) is 9.01. The summed E-state index contributed by atoms with van der Waals surface area (Å²) in [6, 6.07) is 32.1. The van der Waals surface area contributed by atoms with Crippen LogP contribution in [0.15, 0.2) is 109 Å². The van der Waals surface area contributed by atoms with E-state index >= 15 is 0 Å². The number of cyclic esters (lactones) is 1. The van der Waals surface area contributed by atoms with E-state index in [0.717, 1.165) is 69.1 Å². The molecule has 0 saturated heterocycles. The zero-order chi connectivity index (χ0) is 41.9. The van der Waals surface area contributed by atoms with Crippen LogP contribution in [0.25, 0.3) is 11.1 Å². The fraction of sp³-hybridized carbons (Fsp3) is 0.271. The van der Waals surface area contributed by atoms with Gasteiger partial charge in [0.2, 0.25) is 0 Å². The van der Waals surface area contributed by atoms with Crippen LogP contribution in [0.2, 0.25) is 20.1 Å². The average molecular weight is 859 g/mol. The van der Waals surface area contributed by atoms with Crippen LogP contribution in [0.5, 0.6) is 11.5 Å². The lowest BCUT2D eigenvalue weighted by atomic mass is 9.83. The highest BCUT2D eigenvalue weighted by Crippen LogP contribution is 2.53. The molecule has 10 heteroatoms. The third-order valence-electron chi connectivity index (χ3n) is 10.4. The van der Waals surface area contributed by atoms with Gasteiger partial charge in [-0.05, 0) is 121 Å². The van der Waals surface area contributed by atoms with Crippen LogP contribution >= 0.6 is 46.4 Å². The minimum absolute atomic E-state index is 0.0171. The third-order valence-corrected chi connectivity index (χ3v) is 12.2. The van der Waals surface area contributed by atoms with Gasteiger partial charge in [-0.25, -0.2) is 4.79 Å². The van der Waals surface area contributed by atoms with Crippen molar-refractivity contribution in [3.05, 3.63) is 163 Å². The number of ether oxygens (including phenoxy) is 3. The van der Waals surface area contributed by atoms with E-state index in [9.17, 15) is 4.79 Å². The van der Waals surface area contributed by atoms with E-state index in [2.05, 4.69) is 13.8 Å². The van der Waals surface area contributed by atoms with E-state index in [1.165, 1.54) is 0 Å². The number of halogens is 4. The van der Waals surface area contributed by atoms with Gasteiger partial charge in [-0.3, -0.25) is 0 Å². The lowest BCUT2D eigenvalue weighted by Crippen LogP contribution is -2.23. The molecule has 6 nitrogen and oxygen atoms in total. The summed E-state index contributed by atoms with van der Waals surface area (Å²) in [5.41, 5.74) is 5.67. The summed E-state index contributed by atoms with van der Waals surface area (Å²) in [5, 5.41) is 0.0132. The second-order valence-corrected chi connectivity index (χ2v) is 16.4. The molecule has 6 rings (SSSR count). The SMILES string of the molecule is CCC(C)Oc1ccc(/C(=C/C2(/C=C(/c3ccc(OC(C)CC)cc3)c3ccc(N(C)C)cc3)OC(=O)c3c(Cl)c(Cl)c(Cl)c(Cl)c32)c2ccc(N(C)C)cc2)cc1.